The second-order valence-corrected chi connectivity index (χ2v) is 7.25. The van der Waals surface area contributed by atoms with Crippen molar-refractivity contribution in [2.75, 3.05) is 6.54 Å². The van der Waals surface area contributed by atoms with Crippen molar-refractivity contribution in [2.45, 2.75) is 44.4 Å². The quantitative estimate of drug-likeness (QED) is 0.829. The normalized spacial score (nSPS) is 15.0. The number of hydrogen-bond donors (Lipinski definition) is 2. The van der Waals surface area contributed by atoms with Gasteiger partial charge in [0.05, 0.1) is 16.3 Å². The van der Waals surface area contributed by atoms with Gasteiger partial charge in [-0.3, -0.25) is 14.6 Å². The lowest BCUT2D eigenvalue weighted by Crippen LogP contribution is -2.26. The van der Waals surface area contributed by atoms with Crippen molar-refractivity contribution < 1.29 is 9.59 Å². The lowest BCUT2D eigenvalue weighted by atomic mass is 9.87. The summed E-state index contributed by atoms with van der Waals surface area (Å²) < 4.78 is 0. The fourth-order valence-electron chi connectivity index (χ4n) is 3.07. The predicted molar refractivity (Wildman–Crippen MR) is 96.7 cm³/mol. The van der Waals surface area contributed by atoms with Crippen LogP contribution in [0.3, 0.4) is 0 Å². The molecule has 1 saturated carbocycles. The monoisotopic (exact) mass is 358 g/mol. The Morgan fingerprint density at radius 1 is 1.24 bits per heavy atom. The van der Waals surface area contributed by atoms with Gasteiger partial charge in [-0.2, -0.15) is 0 Å². The number of carbonyl (C=O) groups excluding carboxylic acids is 2. The molecule has 2 amide bonds. The number of rotatable bonds is 6. The molecule has 0 atom stereocenters. The molecule has 132 valence electrons. The summed E-state index contributed by atoms with van der Waals surface area (Å²) in [4.78, 5) is 31.8. The number of nitrogens with one attached hydrogen (secondary N) is 1. The second-order valence-electron chi connectivity index (χ2n) is 6.30. The van der Waals surface area contributed by atoms with E-state index in [0.29, 0.717) is 18.9 Å². The fourth-order valence-corrected chi connectivity index (χ4v) is 3.95. The zero-order valence-corrected chi connectivity index (χ0v) is 14.8. The summed E-state index contributed by atoms with van der Waals surface area (Å²) in [6.07, 6.45) is 8.45. The van der Waals surface area contributed by atoms with Crippen LogP contribution in [0.1, 0.15) is 69.6 Å². The Hall–Kier alpha value is -2.28. The van der Waals surface area contributed by atoms with Crippen molar-refractivity contribution in [1.29, 1.82) is 0 Å². The molecule has 3 N–H and O–H groups in total. The van der Waals surface area contributed by atoms with Crippen molar-refractivity contribution in [3.05, 3.63) is 45.7 Å². The molecule has 2 aromatic rings. The number of hydrogen-bond acceptors (Lipinski definition) is 5. The van der Waals surface area contributed by atoms with Gasteiger partial charge in [0.2, 0.25) is 5.91 Å². The number of primary amides is 1. The van der Waals surface area contributed by atoms with Crippen LogP contribution in [0.4, 0.5) is 0 Å². The Morgan fingerprint density at radius 2 is 2.04 bits per heavy atom. The minimum atomic E-state index is -0.558. The number of pyridine rings is 1. The maximum atomic E-state index is 12.1. The summed E-state index contributed by atoms with van der Waals surface area (Å²) in [5, 5.41) is 6.05. The molecule has 0 bridgehead atoms. The van der Waals surface area contributed by atoms with Crippen LogP contribution in [-0.2, 0) is 6.42 Å². The molecule has 0 unspecified atom stereocenters. The highest BCUT2D eigenvalue weighted by molar-refractivity contribution is 7.09. The molecule has 1 fully saturated rings. The van der Waals surface area contributed by atoms with Gasteiger partial charge < -0.3 is 11.1 Å². The number of thiazole rings is 1. The summed E-state index contributed by atoms with van der Waals surface area (Å²) in [6, 6.07) is 3.00. The molecule has 6 nitrogen and oxygen atoms in total. The van der Waals surface area contributed by atoms with Crippen LogP contribution in [0.15, 0.2) is 23.7 Å². The van der Waals surface area contributed by atoms with Crippen molar-refractivity contribution in [3.8, 4) is 0 Å². The predicted octanol–water partition coefficient (Wildman–Crippen LogP) is 2.66. The zero-order valence-electron chi connectivity index (χ0n) is 14.0. The molecule has 0 aliphatic heterocycles. The molecule has 2 aromatic heterocycles. The number of amides is 2. The molecule has 0 aromatic carbocycles. The standard InChI is InChI=1S/C18H22N4O2S/c19-17(23)13-6-7-14(21-10-13)18(24)20-9-8-16-22-15(11-25-16)12-4-2-1-3-5-12/h6-7,10-12H,1-5,8-9H2,(H2,19,23)(H,20,24). The molecule has 25 heavy (non-hydrogen) atoms. The van der Waals surface area contributed by atoms with Crippen LogP contribution < -0.4 is 11.1 Å². The van der Waals surface area contributed by atoms with Gasteiger partial charge in [-0.05, 0) is 25.0 Å². The van der Waals surface area contributed by atoms with E-state index in [1.807, 2.05) is 0 Å². The maximum Gasteiger partial charge on any atom is 0.269 e. The molecule has 7 heteroatoms. The Kier molecular flexibility index (Phi) is 5.75. The van der Waals surface area contributed by atoms with Gasteiger partial charge in [0.25, 0.3) is 5.91 Å². The third-order valence-corrected chi connectivity index (χ3v) is 5.42. The molecule has 3 rings (SSSR count). The first kappa shape index (κ1) is 17.5. The minimum Gasteiger partial charge on any atom is -0.366 e. The first-order chi connectivity index (χ1) is 12.1. The van der Waals surface area contributed by atoms with E-state index in [2.05, 4.69) is 15.7 Å². The Balaban J connectivity index is 1.48. The Labute approximate surface area is 150 Å². The van der Waals surface area contributed by atoms with Crippen LogP contribution in [0.5, 0.6) is 0 Å². The third-order valence-electron chi connectivity index (χ3n) is 4.50. The highest BCUT2D eigenvalue weighted by atomic mass is 32.1. The molecule has 0 saturated heterocycles. The van der Waals surface area contributed by atoms with E-state index in [1.54, 1.807) is 11.3 Å². The van der Waals surface area contributed by atoms with Gasteiger partial charge in [-0.25, -0.2) is 4.98 Å². The first-order valence-electron chi connectivity index (χ1n) is 8.62. The number of carbonyl (C=O) groups is 2. The first-order valence-corrected chi connectivity index (χ1v) is 9.50. The fraction of sp³-hybridized carbons (Fsp3) is 0.444. The molecular formula is C18H22N4O2S. The van der Waals surface area contributed by atoms with Gasteiger partial charge in [-0.1, -0.05) is 19.3 Å². The van der Waals surface area contributed by atoms with Crippen LogP contribution in [-0.4, -0.2) is 28.3 Å². The third kappa shape index (κ3) is 4.63. The van der Waals surface area contributed by atoms with E-state index < -0.39 is 5.91 Å². The Bertz CT molecular complexity index is 736. The van der Waals surface area contributed by atoms with Gasteiger partial charge in [-0.15, -0.1) is 11.3 Å². The number of nitrogens with zero attached hydrogens (tertiary/aromatic N) is 2. The van der Waals surface area contributed by atoms with Crippen molar-refractivity contribution >= 4 is 23.2 Å². The number of nitrogens with two attached hydrogens (primary N) is 1. The number of aromatic nitrogens is 2. The lowest BCUT2D eigenvalue weighted by molar-refractivity contribution is 0.0946. The maximum absolute atomic E-state index is 12.1. The average molecular weight is 358 g/mol. The van der Waals surface area contributed by atoms with E-state index in [4.69, 9.17) is 10.7 Å². The highest BCUT2D eigenvalue weighted by Gasteiger charge is 2.18. The smallest absolute Gasteiger partial charge is 0.269 e. The summed E-state index contributed by atoms with van der Waals surface area (Å²) in [6.45, 7) is 0.510. The summed E-state index contributed by atoms with van der Waals surface area (Å²) in [5.41, 5.74) is 6.93. The van der Waals surface area contributed by atoms with Crippen LogP contribution >= 0.6 is 11.3 Å². The van der Waals surface area contributed by atoms with Gasteiger partial charge >= 0.3 is 0 Å². The molecule has 0 radical (unpaired) electrons. The summed E-state index contributed by atoms with van der Waals surface area (Å²) in [7, 11) is 0. The van der Waals surface area contributed by atoms with Crippen LogP contribution in [0, 0.1) is 0 Å². The largest absolute Gasteiger partial charge is 0.366 e. The SMILES string of the molecule is NC(=O)c1ccc(C(=O)NCCc2nc(C3CCCCC3)cs2)nc1. The van der Waals surface area contributed by atoms with E-state index in [0.717, 1.165) is 5.01 Å². The average Bonchev–Trinajstić information content (AvgIpc) is 3.11. The van der Waals surface area contributed by atoms with Crippen molar-refractivity contribution in [1.82, 2.24) is 15.3 Å². The summed E-state index contributed by atoms with van der Waals surface area (Å²) >= 11 is 1.67. The second kappa shape index (κ2) is 8.20. The highest BCUT2D eigenvalue weighted by Crippen LogP contribution is 2.33. The van der Waals surface area contributed by atoms with Gasteiger partial charge in [0.15, 0.2) is 0 Å². The lowest BCUT2D eigenvalue weighted by Gasteiger charge is -2.19. The van der Waals surface area contributed by atoms with Gasteiger partial charge in [0, 0.05) is 30.5 Å². The van der Waals surface area contributed by atoms with E-state index >= 15 is 0 Å². The van der Waals surface area contributed by atoms with Crippen LogP contribution in [0.25, 0.3) is 0 Å². The molecule has 0 spiro atoms. The van der Waals surface area contributed by atoms with E-state index in [1.165, 1.54) is 56.1 Å². The van der Waals surface area contributed by atoms with E-state index in [-0.39, 0.29) is 17.2 Å². The Morgan fingerprint density at radius 3 is 2.72 bits per heavy atom. The minimum absolute atomic E-state index is 0.264. The van der Waals surface area contributed by atoms with Crippen molar-refractivity contribution in [2.24, 2.45) is 5.73 Å². The molecule has 2 heterocycles. The topological polar surface area (TPSA) is 98.0 Å². The van der Waals surface area contributed by atoms with Gasteiger partial charge in [0.1, 0.15) is 5.69 Å². The zero-order chi connectivity index (χ0) is 17.6. The van der Waals surface area contributed by atoms with Crippen LogP contribution in [0.2, 0.25) is 0 Å². The molecule has 1 aliphatic carbocycles. The van der Waals surface area contributed by atoms with Crippen molar-refractivity contribution in [3.63, 3.8) is 0 Å². The summed E-state index contributed by atoms with van der Waals surface area (Å²) in [5.74, 6) is -0.210. The molecular weight excluding hydrogens is 336 g/mol. The molecule has 1 aliphatic rings. The van der Waals surface area contributed by atoms with E-state index in [9.17, 15) is 9.59 Å².